The first-order valence-electron chi connectivity index (χ1n) is 4.52. The van der Waals surface area contributed by atoms with Crippen molar-refractivity contribution in [1.29, 1.82) is 0 Å². The molecule has 0 aliphatic carbocycles. The predicted molar refractivity (Wildman–Crippen MR) is 53.2 cm³/mol. The van der Waals surface area contributed by atoms with Crippen LogP contribution >= 0.6 is 0 Å². The molecule has 0 N–H and O–H groups in total. The zero-order valence-electron chi connectivity index (χ0n) is 8.66. The zero-order chi connectivity index (χ0) is 10.5. The molecule has 4 heteroatoms. The Bertz CT molecular complexity index is 152. The molecule has 4 nitrogen and oxygen atoms in total. The highest BCUT2D eigenvalue weighted by atomic mass is 16.5. The smallest absolute Gasteiger partial charge is 0.125 e. The van der Waals surface area contributed by atoms with Gasteiger partial charge in [-0.05, 0) is 0 Å². The second-order valence-corrected chi connectivity index (χ2v) is 2.41. The molecule has 0 unspecified atom stereocenters. The largest absolute Gasteiger partial charge is 0.491 e. The molecule has 0 amide bonds. The molecule has 0 fully saturated rings. The Hall–Kier alpha value is -0.800. The lowest BCUT2D eigenvalue weighted by molar-refractivity contribution is 0.0143. The third-order valence-corrected chi connectivity index (χ3v) is 1.32. The van der Waals surface area contributed by atoms with Crippen molar-refractivity contribution < 1.29 is 18.9 Å². The van der Waals surface area contributed by atoms with Crippen LogP contribution in [0.15, 0.2) is 18.6 Å². The van der Waals surface area contributed by atoms with E-state index in [1.807, 2.05) is 0 Å². The highest BCUT2D eigenvalue weighted by molar-refractivity contribution is 4.63. The van der Waals surface area contributed by atoms with Crippen LogP contribution in [0.1, 0.15) is 0 Å². The Balaban J connectivity index is 2.88. The van der Waals surface area contributed by atoms with Gasteiger partial charge < -0.3 is 18.9 Å². The van der Waals surface area contributed by atoms with E-state index in [-0.39, 0.29) is 0 Å². The van der Waals surface area contributed by atoms with Crippen molar-refractivity contribution in [2.75, 3.05) is 46.8 Å². The monoisotopic (exact) mass is 202 g/mol. The highest BCUT2D eigenvalue weighted by Crippen LogP contribution is 1.81. The summed E-state index contributed by atoms with van der Waals surface area (Å²) in [5.74, 6) is 0. The molecule has 0 aromatic carbocycles. The van der Waals surface area contributed by atoms with Gasteiger partial charge in [-0.25, -0.2) is 0 Å². The second-order valence-electron chi connectivity index (χ2n) is 2.41. The first kappa shape index (κ1) is 13.2. The summed E-state index contributed by atoms with van der Waals surface area (Å²) in [6.07, 6.45) is 1.42. The predicted octanol–water partition coefficient (Wildman–Crippen LogP) is 0.981. The van der Waals surface area contributed by atoms with Gasteiger partial charge >= 0.3 is 0 Å². The Kier molecular flexibility index (Phi) is 11.5. The molecule has 0 saturated carbocycles. The van der Waals surface area contributed by atoms with Crippen molar-refractivity contribution in [2.24, 2.45) is 0 Å². The van der Waals surface area contributed by atoms with Crippen molar-refractivity contribution in [2.45, 2.75) is 0 Å². The molecule has 0 aliphatic heterocycles. The lowest BCUT2D eigenvalue weighted by Crippen LogP contribution is -2.10. The van der Waals surface area contributed by atoms with Gasteiger partial charge in [0.1, 0.15) is 12.9 Å². The SMILES string of the molecule is C=C=COCCOCCOCCOC. The summed E-state index contributed by atoms with van der Waals surface area (Å²) >= 11 is 0. The minimum Gasteiger partial charge on any atom is -0.491 e. The Morgan fingerprint density at radius 1 is 1.00 bits per heavy atom. The average molecular weight is 202 g/mol. The van der Waals surface area contributed by atoms with Crippen molar-refractivity contribution in [3.8, 4) is 0 Å². The lowest BCUT2D eigenvalue weighted by Gasteiger charge is -2.04. The van der Waals surface area contributed by atoms with Crippen LogP contribution in [0.2, 0.25) is 0 Å². The molecule has 0 aromatic heterocycles. The fourth-order valence-electron chi connectivity index (χ4n) is 0.689. The molecule has 0 bridgehead atoms. The summed E-state index contributed by atoms with van der Waals surface area (Å²) in [6.45, 7) is 6.80. The normalized spacial score (nSPS) is 9.50. The van der Waals surface area contributed by atoms with E-state index in [0.29, 0.717) is 39.6 Å². The molecule has 0 rings (SSSR count). The molecule has 0 heterocycles. The van der Waals surface area contributed by atoms with Crippen LogP contribution in [-0.4, -0.2) is 46.8 Å². The Morgan fingerprint density at radius 2 is 1.57 bits per heavy atom. The van der Waals surface area contributed by atoms with Crippen molar-refractivity contribution in [3.05, 3.63) is 18.6 Å². The van der Waals surface area contributed by atoms with Gasteiger partial charge in [0, 0.05) is 7.11 Å². The zero-order valence-corrected chi connectivity index (χ0v) is 8.66. The van der Waals surface area contributed by atoms with E-state index in [2.05, 4.69) is 12.3 Å². The van der Waals surface area contributed by atoms with Gasteiger partial charge in [0.2, 0.25) is 0 Å². The molecule has 0 spiro atoms. The van der Waals surface area contributed by atoms with Crippen molar-refractivity contribution in [1.82, 2.24) is 0 Å². The van der Waals surface area contributed by atoms with Crippen LogP contribution in [-0.2, 0) is 18.9 Å². The molecular weight excluding hydrogens is 184 g/mol. The Labute approximate surface area is 85.1 Å². The van der Waals surface area contributed by atoms with Gasteiger partial charge in [-0.3, -0.25) is 0 Å². The van der Waals surface area contributed by atoms with Gasteiger partial charge in [0.25, 0.3) is 0 Å². The second kappa shape index (κ2) is 12.2. The van der Waals surface area contributed by atoms with Crippen LogP contribution in [0.4, 0.5) is 0 Å². The fraction of sp³-hybridized carbons (Fsp3) is 0.700. The van der Waals surface area contributed by atoms with E-state index < -0.39 is 0 Å². The quantitative estimate of drug-likeness (QED) is 0.300. The van der Waals surface area contributed by atoms with Crippen LogP contribution in [0.5, 0.6) is 0 Å². The maximum Gasteiger partial charge on any atom is 0.125 e. The van der Waals surface area contributed by atoms with E-state index in [9.17, 15) is 0 Å². The number of methoxy groups -OCH3 is 1. The molecule has 0 radical (unpaired) electrons. The summed E-state index contributed by atoms with van der Waals surface area (Å²) in [4.78, 5) is 0. The first-order chi connectivity index (χ1) is 6.91. The van der Waals surface area contributed by atoms with Crippen LogP contribution in [0.25, 0.3) is 0 Å². The van der Waals surface area contributed by atoms with Crippen LogP contribution in [0.3, 0.4) is 0 Å². The van der Waals surface area contributed by atoms with Gasteiger partial charge in [-0.2, -0.15) is 0 Å². The molecule has 0 atom stereocenters. The van der Waals surface area contributed by atoms with Gasteiger partial charge in [0.05, 0.1) is 33.0 Å². The van der Waals surface area contributed by atoms with E-state index in [4.69, 9.17) is 18.9 Å². The number of ether oxygens (including phenoxy) is 4. The van der Waals surface area contributed by atoms with E-state index in [1.165, 1.54) is 6.26 Å². The molecule has 0 saturated heterocycles. The number of hydrogen-bond acceptors (Lipinski definition) is 4. The maximum atomic E-state index is 5.20. The van der Waals surface area contributed by atoms with Crippen LogP contribution < -0.4 is 0 Å². The molecule has 0 aliphatic rings. The van der Waals surface area contributed by atoms with E-state index in [0.717, 1.165) is 0 Å². The van der Waals surface area contributed by atoms with Gasteiger partial charge in [-0.1, -0.05) is 12.3 Å². The summed E-state index contributed by atoms with van der Waals surface area (Å²) in [6, 6.07) is 0. The third-order valence-electron chi connectivity index (χ3n) is 1.32. The average Bonchev–Trinajstić information content (AvgIpc) is 2.21. The van der Waals surface area contributed by atoms with E-state index >= 15 is 0 Å². The molecule has 14 heavy (non-hydrogen) atoms. The van der Waals surface area contributed by atoms with Crippen LogP contribution in [0, 0.1) is 0 Å². The lowest BCUT2D eigenvalue weighted by atomic mass is 10.7. The fourth-order valence-corrected chi connectivity index (χ4v) is 0.689. The number of hydrogen-bond donors (Lipinski definition) is 0. The Morgan fingerprint density at radius 3 is 2.14 bits per heavy atom. The summed E-state index contributed by atoms with van der Waals surface area (Å²) in [5, 5.41) is 0. The van der Waals surface area contributed by atoms with Gasteiger partial charge in [-0.15, -0.1) is 0 Å². The number of rotatable bonds is 10. The maximum absolute atomic E-state index is 5.20. The van der Waals surface area contributed by atoms with Gasteiger partial charge in [0.15, 0.2) is 0 Å². The molecule has 0 aromatic rings. The van der Waals surface area contributed by atoms with Crippen molar-refractivity contribution in [3.63, 3.8) is 0 Å². The minimum atomic E-state index is 0.514. The minimum absolute atomic E-state index is 0.514. The summed E-state index contributed by atoms with van der Waals surface area (Å²) in [7, 11) is 1.64. The first-order valence-corrected chi connectivity index (χ1v) is 4.52. The topological polar surface area (TPSA) is 36.9 Å². The summed E-state index contributed by atoms with van der Waals surface area (Å²) in [5.41, 5.74) is 2.50. The summed E-state index contributed by atoms with van der Waals surface area (Å²) < 4.78 is 20.1. The third kappa shape index (κ3) is 11.2. The van der Waals surface area contributed by atoms with E-state index in [1.54, 1.807) is 7.11 Å². The standard InChI is InChI=1S/C10H18O4/c1-3-4-12-7-8-14-10-9-13-6-5-11-2/h4H,1,5-10H2,2H3. The van der Waals surface area contributed by atoms with Crippen molar-refractivity contribution >= 4 is 0 Å². The highest BCUT2D eigenvalue weighted by Gasteiger charge is 1.89. The molecular formula is C10H18O4. The molecule has 82 valence electrons.